The Labute approximate surface area is 99.4 Å². The van der Waals surface area contributed by atoms with Crippen LogP contribution in [0.4, 0.5) is 0 Å². The van der Waals surface area contributed by atoms with E-state index in [4.69, 9.17) is 0 Å². The highest BCUT2D eigenvalue weighted by Crippen LogP contribution is 2.01. The van der Waals surface area contributed by atoms with E-state index in [2.05, 4.69) is 25.8 Å². The van der Waals surface area contributed by atoms with Crippen molar-refractivity contribution in [2.24, 2.45) is 0 Å². The third kappa shape index (κ3) is 3.65. The molecule has 1 aromatic rings. The first-order chi connectivity index (χ1) is 6.36. The fourth-order valence-electron chi connectivity index (χ4n) is 1.12. The van der Waals surface area contributed by atoms with Crippen LogP contribution in [0.3, 0.4) is 0 Å². The van der Waals surface area contributed by atoms with Crippen LogP contribution in [0.1, 0.15) is 12.2 Å². The molecule has 0 saturated carbocycles. The molecular weight excluding hydrogens is 241 g/mol. The van der Waals surface area contributed by atoms with Crippen molar-refractivity contribution in [3.05, 3.63) is 12.2 Å². The number of nitrogens with zero attached hydrogens (tertiary/aromatic N) is 2. The number of carbonyl (C=O) groups excluding carboxylic acids is 1. The Morgan fingerprint density at radius 3 is 2.80 bits per heavy atom. The first kappa shape index (κ1) is 14.2. The molecule has 1 amide bonds. The maximum atomic E-state index is 11.3. The fourth-order valence-corrected chi connectivity index (χ4v) is 1.12. The summed E-state index contributed by atoms with van der Waals surface area (Å²) < 4.78 is 0. The Hall–Kier alpha value is -0.850. The van der Waals surface area contributed by atoms with Gasteiger partial charge in [-0.2, -0.15) is 5.10 Å². The lowest BCUT2D eigenvalue weighted by Crippen LogP contribution is -2.53. The van der Waals surface area contributed by atoms with E-state index in [0.29, 0.717) is 12.4 Å². The smallest absolute Gasteiger partial charge is 0.237 e. The minimum Gasteiger partial charge on any atom is -0.347 e. The van der Waals surface area contributed by atoms with Gasteiger partial charge in [-0.15, -0.1) is 24.8 Å². The Balaban J connectivity index is 0.000000980. The number of carbonyl (C=O) groups is 1. The minimum atomic E-state index is -0.0112. The van der Waals surface area contributed by atoms with Gasteiger partial charge in [0, 0.05) is 0 Å². The van der Waals surface area contributed by atoms with E-state index in [1.165, 1.54) is 6.33 Å². The first-order valence-electron chi connectivity index (χ1n) is 4.21. The molecule has 1 aliphatic heterocycles. The van der Waals surface area contributed by atoms with E-state index in [9.17, 15) is 4.79 Å². The van der Waals surface area contributed by atoms with Crippen molar-refractivity contribution in [2.45, 2.75) is 19.0 Å². The lowest BCUT2D eigenvalue weighted by Gasteiger charge is -2.25. The standard InChI is InChI=1S/C7H11N5O.2ClH/c13-7(5-1-2-8-5)9-3-6-10-4-11-12-6;;/h4-5,8H,1-3H2,(H,9,13)(H,10,11,12);2*1H/t5-;;/m1../s1. The lowest BCUT2D eigenvalue weighted by molar-refractivity contribution is -0.124. The second-order valence-electron chi connectivity index (χ2n) is 2.95. The zero-order valence-electron chi connectivity index (χ0n) is 7.90. The molecule has 1 aliphatic rings. The van der Waals surface area contributed by atoms with E-state index >= 15 is 0 Å². The quantitative estimate of drug-likeness (QED) is 0.687. The summed E-state index contributed by atoms with van der Waals surface area (Å²) in [6, 6.07) is -0.0112. The second-order valence-corrected chi connectivity index (χ2v) is 2.95. The Kier molecular flexibility index (Phi) is 6.23. The minimum absolute atomic E-state index is 0. The molecule has 1 saturated heterocycles. The maximum absolute atomic E-state index is 11.3. The van der Waals surface area contributed by atoms with Crippen LogP contribution >= 0.6 is 24.8 Å². The monoisotopic (exact) mass is 253 g/mol. The summed E-state index contributed by atoms with van der Waals surface area (Å²) in [5.41, 5.74) is 0. The Morgan fingerprint density at radius 1 is 1.60 bits per heavy atom. The highest BCUT2D eigenvalue weighted by molar-refractivity contribution is 5.85. The van der Waals surface area contributed by atoms with Gasteiger partial charge in [-0.3, -0.25) is 9.89 Å². The van der Waals surface area contributed by atoms with Gasteiger partial charge >= 0.3 is 0 Å². The van der Waals surface area contributed by atoms with Crippen molar-refractivity contribution >= 4 is 30.7 Å². The molecule has 0 aliphatic carbocycles. The number of aromatic amines is 1. The SMILES string of the molecule is Cl.Cl.O=C(NCc1ncn[nH]1)[C@H]1CCN1. The van der Waals surface area contributed by atoms with Gasteiger partial charge in [0.2, 0.25) is 5.91 Å². The van der Waals surface area contributed by atoms with Gasteiger partial charge in [0.15, 0.2) is 0 Å². The molecule has 3 N–H and O–H groups in total. The molecule has 1 fully saturated rings. The molecular formula is C7H13Cl2N5O. The first-order valence-corrected chi connectivity index (χ1v) is 4.21. The van der Waals surface area contributed by atoms with Crippen molar-refractivity contribution in [3.63, 3.8) is 0 Å². The van der Waals surface area contributed by atoms with Crippen molar-refractivity contribution in [1.29, 1.82) is 0 Å². The van der Waals surface area contributed by atoms with Gasteiger partial charge in [0.25, 0.3) is 0 Å². The van der Waals surface area contributed by atoms with E-state index in [-0.39, 0.29) is 36.8 Å². The van der Waals surface area contributed by atoms with Gasteiger partial charge in [0.1, 0.15) is 12.2 Å². The third-order valence-corrected chi connectivity index (χ3v) is 2.04. The average Bonchev–Trinajstić information content (AvgIpc) is 2.49. The van der Waals surface area contributed by atoms with Crippen molar-refractivity contribution in [2.75, 3.05) is 6.54 Å². The largest absolute Gasteiger partial charge is 0.347 e. The average molecular weight is 254 g/mol. The van der Waals surface area contributed by atoms with E-state index < -0.39 is 0 Å². The van der Waals surface area contributed by atoms with Crippen LogP contribution < -0.4 is 10.6 Å². The predicted molar refractivity (Wildman–Crippen MR) is 59.1 cm³/mol. The molecule has 6 nitrogen and oxygen atoms in total. The van der Waals surface area contributed by atoms with Crippen LogP contribution in [-0.2, 0) is 11.3 Å². The molecule has 0 spiro atoms. The number of halogens is 2. The van der Waals surface area contributed by atoms with Crippen LogP contribution in [0.5, 0.6) is 0 Å². The number of amides is 1. The van der Waals surface area contributed by atoms with Gasteiger partial charge in [-0.25, -0.2) is 4.98 Å². The normalized spacial score (nSPS) is 18.0. The molecule has 0 radical (unpaired) electrons. The summed E-state index contributed by atoms with van der Waals surface area (Å²) >= 11 is 0. The molecule has 0 unspecified atom stereocenters. The molecule has 0 bridgehead atoms. The number of nitrogens with one attached hydrogen (secondary N) is 3. The number of hydrogen-bond acceptors (Lipinski definition) is 4. The maximum Gasteiger partial charge on any atom is 0.237 e. The predicted octanol–water partition coefficient (Wildman–Crippen LogP) is -0.374. The summed E-state index contributed by atoms with van der Waals surface area (Å²) in [6.45, 7) is 1.34. The van der Waals surface area contributed by atoms with Crippen molar-refractivity contribution < 1.29 is 4.79 Å². The van der Waals surface area contributed by atoms with Crippen LogP contribution in [0.2, 0.25) is 0 Å². The zero-order valence-corrected chi connectivity index (χ0v) is 9.53. The second kappa shape index (κ2) is 6.60. The number of rotatable bonds is 3. The molecule has 86 valence electrons. The number of hydrogen-bond donors (Lipinski definition) is 3. The summed E-state index contributed by atoms with van der Waals surface area (Å²) in [5, 5.41) is 12.1. The van der Waals surface area contributed by atoms with E-state index in [1.807, 2.05) is 0 Å². The molecule has 8 heteroatoms. The Bertz CT molecular complexity index is 288. The van der Waals surface area contributed by atoms with E-state index in [0.717, 1.165) is 13.0 Å². The fraction of sp³-hybridized carbons (Fsp3) is 0.571. The summed E-state index contributed by atoms with van der Waals surface area (Å²) in [4.78, 5) is 15.2. The molecule has 2 rings (SSSR count). The van der Waals surface area contributed by atoms with E-state index in [1.54, 1.807) is 0 Å². The molecule has 15 heavy (non-hydrogen) atoms. The topological polar surface area (TPSA) is 82.7 Å². The summed E-state index contributed by atoms with van der Waals surface area (Å²) in [6.07, 6.45) is 2.34. The van der Waals surface area contributed by atoms with Crippen LogP contribution in [0.25, 0.3) is 0 Å². The summed E-state index contributed by atoms with van der Waals surface area (Å²) in [5.74, 6) is 0.704. The third-order valence-electron chi connectivity index (χ3n) is 2.04. The molecule has 1 atom stereocenters. The highest BCUT2D eigenvalue weighted by atomic mass is 35.5. The van der Waals surface area contributed by atoms with Crippen LogP contribution in [-0.4, -0.2) is 33.7 Å². The van der Waals surface area contributed by atoms with Crippen LogP contribution in [0.15, 0.2) is 6.33 Å². The molecule has 0 aromatic carbocycles. The van der Waals surface area contributed by atoms with Crippen molar-refractivity contribution in [1.82, 2.24) is 25.8 Å². The van der Waals surface area contributed by atoms with Crippen LogP contribution in [0, 0.1) is 0 Å². The number of aromatic nitrogens is 3. The number of H-pyrrole nitrogens is 1. The zero-order chi connectivity index (χ0) is 9.10. The summed E-state index contributed by atoms with van der Waals surface area (Å²) in [7, 11) is 0. The molecule has 2 heterocycles. The van der Waals surface area contributed by atoms with Crippen molar-refractivity contribution in [3.8, 4) is 0 Å². The van der Waals surface area contributed by atoms with Gasteiger partial charge in [0.05, 0.1) is 12.6 Å². The van der Waals surface area contributed by atoms with Gasteiger partial charge in [-0.1, -0.05) is 0 Å². The lowest BCUT2D eigenvalue weighted by atomic mass is 10.1. The van der Waals surface area contributed by atoms with Gasteiger partial charge < -0.3 is 10.6 Å². The highest BCUT2D eigenvalue weighted by Gasteiger charge is 2.23. The Morgan fingerprint density at radius 2 is 2.33 bits per heavy atom. The molecule has 1 aromatic heterocycles. The van der Waals surface area contributed by atoms with Gasteiger partial charge in [-0.05, 0) is 13.0 Å².